The van der Waals surface area contributed by atoms with Crippen LogP contribution in [0, 0.1) is 6.92 Å². The van der Waals surface area contributed by atoms with E-state index in [2.05, 4.69) is 18.0 Å². The molecule has 0 unspecified atom stereocenters. The van der Waals surface area contributed by atoms with Gasteiger partial charge in [0.2, 0.25) is 5.91 Å². The van der Waals surface area contributed by atoms with E-state index in [0.717, 1.165) is 29.5 Å². The van der Waals surface area contributed by atoms with Gasteiger partial charge in [0.25, 0.3) is 5.91 Å². The molecule has 4 heteroatoms. The van der Waals surface area contributed by atoms with Crippen LogP contribution in [0.1, 0.15) is 51.8 Å². The van der Waals surface area contributed by atoms with Crippen LogP contribution in [0.15, 0.2) is 61.2 Å². The molecule has 1 N–H and O–H groups in total. The third-order valence-electron chi connectivity index (χ3n) is 5.40. The van der Waals surface area contributed by atoms with Gasteiger partial charge in [0.15, 0.2) is 0 Å². The van der Waals surface area contributed by atoms with Crippen molar-refractivity contribution in [3.63, 3.8) is 0 Å². The summed E-state index contributed by atoms with van der Waals surface area (Å²) in [4.78, 5) is 28.5. The van der Waals surface area contributed by atoms with E-state index in [0.29, 0.717) is 12.1 Å². The number of amides is 2. The summed E-state index contributed by atoms with van der Waals surface area (Å²) < 4.78 is 0. The second-order valence-electron chi connectivity index (χ2n) is 7.40. The van der Waals surface area contributed by atoms with Crippen molar-refractivity contribution in [2.24, 2.45) is 0 Å². The number of hydrogen-bond acceptors (Lipinski definition) is 2. The number of aryl methyl sites for hydroxylation is 1. The summed E-state index contributed by atoms with van der Waals surface area (Å²) in [6, 6.07) is 15.6. The third kappa shape index (κ3) is 3.16. The van der Waals surface area contributed by atoms with E-state index >= 15 is 0 Å². The highest BCUT2D eigenvalue weighted by atomic mass is 16.2. The number of nitrogens with one attached hydrogen (secondary N) is 1. The molecule has 1 aliphatic heterocycles. The van der Waals surface area contributed by atoms with Crippen LogP contribution in [-0.2, 0) is 4.79 Å². The van der Waals surface area contributed by atoms with Crippen molar-refractivity contribution in [1.82, 2.24) is 10.2 Å². The van der Waals surface area contributed by atoms with Crippen LogP contribution in [0.25, 0.3) is 0 Å². The minimum Gasteiger partial charge on any atom is -0.352 e. The Balaban J connectivity index is 1.88. The first-order valence-electron chi connectivity index (χ1n) is 9.48. The van der Waals surface area contributed by atoms with E-state index in [9.17, 15) is 9.59 Å². The molecule has 0 spiro atoms. The maximum Gasteiger partial charge on any atom is 0.254 e. The van der Waals surface area contributed by atoms with Crippen LogP contribution < -0.4 is 5.32 Å². The van der Waals surface area contributed by atoms with Gasteiger partial charge in [0.1, 0.15) is 0 Å². The molecule has 0 radical (unpaired) electrons. The molecule has 0 aromatic heterocycles. The van der Waals surface area contributed by atoms with E-state index < -0.39 is 5.92 Å². The SMILES string of the molecule is C=CCNC(=O)[C@@H]1c2ccccc2C(=O)N(C2CC2)[C@@H]1c1cccc(C)c1. The van der Waals surface area contributed by atoms with Gasteiger partial charge in [-0.05, 0) is 37.0 Å². The summed E-state index contributed by atoms with van der Waals surface area (Å²) in [7, 11) is 0. The van der Waals surface area contributed by atoms with Crippen LogP contribution in [0.4, 0.5) is 0 Å². The van der Waals surface area contributed by atoms with E-state index in [1.807, 2.05) is 54.3 Å². The molecule has 2 aromatic carbocycles. The summed E-state index contributed by atoms with van der Waals surface area (Å²) in [5.41, 5.74) is 3.60. The molecule has 1 aliphatic carbocycles. The topological polar surface area (TPSA) is 49.4 Å². The molecule has 2 atom stereocenters. The Morgan fingerprint density at radius 1 is 1.22 bits per heavy atom. The Labute approximate surface area is 159 Å². The summed E-state index contributed by atoms with van der Waals surface area (Å²) in [5.74, 6) is -0.458. The first-order chi connectivity index (χ1) is 13.1. The zero-order valence-corrected chi connectivity index (χ0v) is 15.5. The predicted molar refractivity (Wildman–Crippen MR) is 106 cm³/mol. The number of carbonyl (C=O) groups excluding carboxylic acids is 2. The number of rotatable bonds is 5. The van der Waals surface area contributed by atoms with Crippen LogP contribution in [0.2, 0.25) is 0 Å². The maximum atomic E-state index is 13.3. The molecule has 4 nitrogen and oxygen atoms in total. The van der Waals surface area contributed by atoms with Crippen molar-refractivity contribution in [1.29, 1.82) is 0 Å². The fourth-order valence-corrected chi connectivity index (χ4v) is 4.08. The lowest BCUT2D eigenvalue weighted by Gasteiger charge is -2.42. The molecule has 1 fully saturated rings. The summed E-state index contributed by atoms with van der Waals surface area (Å²) in [6.07, 6.45) is 3.67. The molecular weight excluding hydrogens is 336 g/mol. The molecule has 2 aromatic rings. The van der Waals surface area contributed by atoms with Gasteiger partial charge >= 0.3 is 0 Å². The van der Waals surface area contributed by atoms with Crippen LogP contribution in [-0.4, -0.2) is 29.3 Å². The first-order valence-corrected chi connectivity index (χ1v) is 9.48. The minimum atomic E-state index is -0.429. The molecule has 1 heterocycles. The highest BCUT2D eigenvalue weighted by molar-refractivity contribution is 6.01. The molecular formula is C23H24N2O2. The Hall–Kier alpha value is -2.88. The van der Waals surface area contributed by atoms with Crippen molar-refractivity contribution in [3.05, 3.63) is 83.4 Å². The normalized spacial score (nSPS) is 21.5. The van der Waals surface area contributed by atoms with Gasteiger partial charge in [-0.25, -0.2) is 0 Å². The molecule has 138 valence electrons. The highest BCUT2D eigenvalue weighted by Crippen LogP contribution is 2.47. The number of carbonyl (C=O) groups is 2. The van der Waals surface area contributed by atoms with Crippen molar-refractivity contribution in [2.75, 3.05) is 6.54 Å². The monoisotopic (exact) mass is 360 g/mol. The van der Waals surface area contributed by atoms with Gasteiger partial charge in [0, 0.05) is 18.2 Å². The number of nitrogens with zero attached hydrogens (tertiary/aromatic N) is 1. The molecule has 0 saturated heterocycles. The fourth-order valence-electron chi connectivity index (χ4n) is 4.08. The Morgan fingerprint density at radius 3 is 2.70 bits per heavy atom. The minimum absolute atomic E-state index is 0.0346. The van der Waals surface area contributed by atoms with Gasteiger partial charge in [0.05, 0.1) is 12.0 Å². The largest absolute Gasteiger partial charge is 0.352 e. The second kappa shape index (κ2) is 7.03. The zero-order valence-electron chi connectivity index (χ0n) is 15.5. The maximum absolute atomic E-state index is 13.3. The predicted octanol–water partition coefficient (Wildman–Crippen LogP) is 3.74. The van der Waals surface area contributed by atoms with E-state index in [1.165, 1.54) is 0 Å². The zero-order chi connectivity index (χ0) is 19.0. The van der Waals surface area contributed by atoms with Crippen molar-refractivity contribution in [3.8, 4) is 0 Å². The quantitative estimate of drug-likeness (QED) is 0.826. The Bertz CT molecular complexity index is 901. The molecule has 2 aliphatic rings. The smallest absolute Gasteiger partial charge is 0.254 e. The van der Waals surface area contributed by atoms with Gasteiger partial charge < -0.3 is 10.2 Å². The summed E-state index contributed by atoms with van der Waals surface area (Å²) in [5, 5.41) is 2.96. The first kappa shape index (κ1) is 17.5. The average Bonchev–Trinajstić information content (AvgIpc) is 3.51. The third-order valence-corrected chi connectivity index (χ3v) is 5.40. The lowest BCUT2D eigenvalue weighted by atomic mass is 9.78. The molecule has 1 saturated carbocycles. The van der Waals surface area contributed by atoms with E-state index in [1.54, 1.807) is 6.08 Å². The van der Waals surface area contributed by atoms with Crippen molar-refractivity contribution < 1.29 is 9.59 Å². The van der Waals surface area contributed by atoms with Gasteiger partial charge in [-0.2, -0.15) is 0 Å². The van der Waals surface area contributed by atoms with Crippen LogP contribution in [0.3, 0.4) is 0 Å². The fraction of sp³-hybridized carbons (Fsp3) is 0.304. The number of benzene rings is 2. The van der Waals surface area contributed by atoms with E-state index in [4.69, 9.17) is 0 Å². The summed E-state index contributed by atoms with van der Waals surface area (Å²) >= 11 is 0. The van der Waals surface area contributed by atoms with Gasteiger partial charge in [-0.3, -0.25) is 9.59 Å². The molecule has 2 amide bonds. The van der Waals surface area contributed by atoms with E-state index in [-0.39, 0.29) is 23.9 Å². The standard InChI is InChI=1S/C23H24N2O2/c1-3-13-24-22(26)20-18-9-4-5-10-19(18)23(27)25(17-11-12-17)21(20)16-8-6-7-15(2)14-16/h3-10,14,17,20-21H,1,11-13H2,2H3,(H,24,26)/t20-,21-/m1/s1. The van der Waals surface area contributed by atoms with Crippen LogP contribution >= 0.6 is 0 Å². The molecule has 27 heavy (non-hydrogen) atoms. The molecule has 4 rings (SSSR count). The molecule has 0 bridgehead atoms. The average molecular weight is 360 g/mol. The summed E-state index contributed by atoms with van der Waals surface area (Å²) in [6.45, 7) is 6.15. The van der Waals surface area contributed by atoms with Crippen LogP contribution in [0.5, 0.6) is 0 Å². The lowest BCUT2D eigenvalue weighted by Crippen LogP contribution is -2.48. The Morgan fingerprint density at radius 2 is 2.00 bits per heavy atom. The number of fused-ring (bicyclic) bond motifs is 1. The van der Waals surface area contributed by atoms with Gasteiger partial charge in [-0.1, -0.05) is 54.1 Å². The number of hydrogen-bond donors (Lipinski definition) is 1. The Kier molecular flexibility index (Phi) is 4.56. The van der Waals surface area contributed by atoms with Gasteiger partial charge in [-0.15, -0.1) is 6.58 Å². The lowest BCUT2D eigenvalue weighted by molar-refractivity contribution is -0.124. The van der Waals surface area contributed by atoms with Crippen molar-refractivity contribution in [2.45, 2.75) is 37.8 Å². The highest BCUT2D eigenvalue weighted by Gasteiger charge is 2.48. The second-order valence-corrected chi connectivity index (χ2v) is 7.40. The van der Waals surface area contributed by atoms with Crippen molar-refractivity contribution >= 4 is 11.8 Å².